The molecule has 0 aliphatic heterocycles. The second kappa shape index (κ2) is 9.16. The van der Waals surface area contributed by atoms with Crippen molar-refractivity contribution in [2.75, 3.05) is 26.0 Å². The van der Waals surface area contributed by atoms with Crippen LogP contribution >= 0.6 is 0 Å². The Balaban J connectivity index is 1.67. The number of rotatable bonds is 8. The number of ether oxygens (including phenoxy) is 1. The Morgan fingerprint density at radius 2 is 1.94 bits per heavy atom. The lowest BCUT2D eigenvalue weighted by atomic mass is 10.2. The number of nitriles is 1. The molecule has 0 bridgehead atoms. The van der Waals surface area contributed by atoms with Gasteiger partial charge in [0.05, 0.1) is 15.9 Å². The summed E-state index contributed by atoms with van der Waals surface area (Å²) in [6.07, 6.45) is 0.614. The van der Waals surface area contributed by atoms with Crippen LogP contribution in [0, 0.1) is 11.3 Å². The van der Waals surface area contributed by atoms with Crippen LogP contribution in [0.2, 0.25) is 0 Å². The summed E-state index contributed by atoms with van der Waals surface area (Å²) in [5.74, 6) is 1.06. The van der Waals surface area contributed by atoms with Crippen molar-refractivity contribution in [3.05, 3.63) is 48.3 Å². The Morgan fingerprint density at radius 3 is 2.58 bits per heavy atom. The van der Waals surface area contributed by atoms with Crippen LogP contribution in [-0.2, 0) is 28.3 Å². The summed E-state index contributed by atoms with van der Waals surface area (Å²) in [5, 5.41) is 11.3. The predicted octanol–water partition coefficient (Wildman–Crippen LogP) is 2.30. The highest BCUT2D eigenvalue weighted by atomic mass is 32.2. The summed E-state index contributed by atoms with van der Waals surface area (Å²) >= 11 is 0. The largest absolute Gasteiger partial charge is 0.479 e. The second-order valence-corrected chi connectivity index (χ2v) is 9.20. The topological polar surface area (TPSA) is 117 Å². The molecule has 3 rings (SSSR count). The van der Waals surface area contributed by atoms with Gasteiger partial charge >= 0.3 is 0 Å². The minimum Gasteiger partial charge on any atom is -0.479 e. The van der Waals surface area contributed by atoms with Crippen molar-refractivity contribution in [1.29, 1.82) is 5.26 Å². The minimum atomic E-state index is -3.55. The number of hydrogen-bond acceptors (Lipinski definition) is 6. The third-order valence-corrected chi connectivity index (χ3v) is 6.55. The molecule has 0 aliphatic rings. The molecule has 1 N–H and O–H groups in total. The first-order valence-electron chi connectivity index (χ1n) is 9.50. The van der Waals surface area contributed by atoms with Crippen molar-refractivity contribution in [2.24, 2.45) is 7.05 Å². The number of nitrogens with zero attached hydrogens (tertiary/aromatic N) is 4. The molecule has 0 spiro atoms. The van der Waals surface area contributed by atoms with Crippen molar-refractivity contribution >= 4 is 32.7 Å². The van der Waals surface area contributed by atoms with E-state index in [1.54, 1.807) is 42.5 Å². The molecule has 0 atom stereocenters. The number of anilines is 1. The molecular weight excluding hydrogens is 418 g/mol. The number of carbonyl (C=O) groups is 1. The highest BCUT2D eigenvalue weighted by molar-refractivity contribution is 7.89. The van der Waals surface area contributed by atoms with Gasteiger partial charge < -0.3 is 14.6 Å². The lowest BCUT2D eigenvalue weighted by molar-refractivity contribution is -0.116. The summed E-state index contributed by atoms with van der Waals surface area (Å²) in [6.45, 7) is -0.0354. The van der Waals surface area contributed by atoms with E-state index < -0.39 is 10.0 Å². The van der Waals surface area contributed by atoms with Crippen LogP contribution < -0.4 is 10.1 Å². The van der Waals surface area contributed by atoms with Crippen molar-refractivity contribution in [3.63, 3.8) is 0 Å². The zero-order valence-corrected chi connectivity index (χ0v) is 18.3. The third-order valence-electron chi connectivity index (χ3n) is 4.74. The van der Waals surface area contributed by atoms with Gasteiger partial charge in [-0.2, -0.15) is 5.26 Å². The highest BCUT2D eigenvalue weighted by Gasteiger charge is 2.19. The van der Waals surface area contributed by atoms with E-state index in [0.29, 0.717) is 29.2 Å². The van der Waals surface area contributed by atoms with Gasteiger partial charge in [-0.1, -0.05) is 0 Å². The molecule has 31 heavy (non-hydrogen) atoms. The fourth-order valence-electron chi connectivity index (χ4n) is 3.02. The number of nitrogens with one attached hydrogen (secondary N) is 1. The van der Waals surface area contributed by atoms with E-state index in [0.717, 1.165) is 9.82 Å². The molecular formula is C21H23N5O4S. The van der Waals surface area contributed by atoms with Gasteiger partial charge in [0.15, 0.2) is 6.61 Å². The normalized spacial score (nSPS) is 11.5. The quantitative estimate of drug-likeness (QED) is 0.573. The molecule has 10 heteroatoms. The van der Waals surface area contributed by atoms with Crippen LogP contribution in [0.3, 0.4) is 0 Å². The molecule has 1 amide bonds. The molecule has 2 aromatic carbocycles. The summed E-state index contributed by atoms with van der Waals surface area (Å²) in [6, 6.07) is 13.5. The number of aryl methyl sites for hydroxylation is 2. The number of carbonyl (C=O) groups excluding carboxylic acids is 1. The van der Waals surface area contributed by atoms with Crippen LogP contribution in [0.5, 0.6) is 5.75 Å². The van der Waals surface area contributed by atoms with Gasteiger partial charge in [-0.05, 0) is 42.5 Å². The number of imidazole rings is 1. The molecule has 0 saturated heterocycles. The molecule has 0 radical (unpaired) electrons. The highest BCUT2D eigenvalue weighted by Crippen LogP contribution is 2.22. The molecule has 0 saturated carbocycles. The molecule has 0 unspecified atom stereocenters. The second-order valence-electron chi connectivity index (χ2n) is 7.04. The van der Waals surface area contributed by atoms with Crippen LogP contribution in [-0.4, -0.2) is 48.9 Å². The van der Waals surface area contributed by atoms with E-state index in [1.807, 2.05) is 17.7 Å². The van der Waals surface area contributed by atoms with E-state index >= 15 is 0 Å². The summed E-state index contributed by atoms with van der Waals surface area (Å²) in [7, 11) is 1.25. The zero-order chi connectivity index (χ0) is 22.6. The number of benzene rings is 2. The number of hydrogen-bond donors (Lipinski definition) is 1. The Bertz CT molecular complexity index is 1240. The van der Waals surface area contributed by atoms with E-state index in [-0.39, 0.29) is 23.8 Å². The maximum atomic E-state index is 12.3. The van der Waals surface area contributed by atoms with E-state index in [4.69, 9.17) is 10.00 Å². The molecule has 1 heterocycles. The number of fused-ring (bicyclic) bond motifs is 1. The van der Waals surface area contributed by atoms with Crippen LogP contribution in [0.1, 0.15) is 12.2 Å². The van der Waals surface area contributed by atoms with Crippen molar-refractivity contribution in [3.8, 4) is 11.8 Å². The molecule has 162 valence electrons. The van der Waals surface area contributed by atoms with E-state index in [1.165, 1.54) is 14.1 Å². The van der Waals surface area contributed by atoms with Crippen molar-refractivity contribution < 1.29 is 17.9 Å². The fraction of sp³-hybridized carbons (Fsp3) is 0.286. The lowest BCUT2D eigenvalue weighted by Crippen LogP contribution is -2.22. The van der Waals surface area contributed by atoms with Gasteiger partial charge in [-0.25, -0.2) is 17.7 Å². The fourth-order valence-corrected chi connectivity index (χ4v) is 3.95. The standard InChI is InChI=1S/C21H23N5O4S/c1-25(2)31(28,29)17-8-9-19-18(14-17)24-20(26(19)3)10-11-21(27)23-15-4-6-16(7-5-15)30-13-12-22/h4-9,14H,10-11,13H2,1-3H3,(H,23,27). The van der Waals surface area contributed by atoms with Crippen molar-refractivity contribution in [1.82, 2.24) is 13.9 Å². The first-order chi connectivity index (χ1) is 14.7. The maximum absolute atomic E-state index is 12.3. The minimum absolute atomic E-state index is 0.0354. The number of amides is 1. The number of sulfonamides is 1. The molecule has 0 fully saturated rings. The first kappa shape index (κ1) is 22.3. The van der Waals surface area contributed by atoms with Gasteiger partial charge in [-0.3, -0.25) is 4.79 Å². The molecule has 3 aromatic rings. The monoisotopic (exact) mass is 441 g/mol. The zero-order valence-electron chi connectivity index (χ0n) is 17.5. The Kier molecular flexibility index (Phi) is 6.58. The lowest BCUT2D eigenvalue weighted by Gasteiger charge is -2.10. The van der Waals surface area contributed by atoms with Crippen molar-refractivity contribution in [2.45, 2.75) is 17.7 Å². The van der Waals surface area contributed by atoms with E-state index in [9.17, 15) is 13.2 Å². The van der Waals surface area contributed by atoms with Gasteiger partial charge in [0, 0.05) is 39.7 Å². The van der Waals surface area contributed by atoms with Crippen LogP contribution in [0.4, 0.5) is 5.69 Å². The number of aromatic nitrogens is 2. The van der Waals surface area contributed by atoms with Gasteiger partial charge in [-0.15, -0.1) is 0 Å². The summed E-state index contributed by atoms with van der Waals surface area (Å²) in [4.78, 5) is 17.0. The Hall–Kier alpha value is -3.42. The summed E-state index contributed by atoms with van der Waals surface area (Å²) < 4.78 is 32.9. The molecule has 1 aromatic heterocycles. The molecule has 0 aliphatic carbocycles. The van der Waals surface area contributed by atoms with E-state index in [2.05, 4.69) is 10.3 Å². The van der Waals surface area contributed by atoms with Gasteiger partial charge in [0.25, 0.3) is 0 Å². The SMILES string of the molecule is CN(C)S(=O)(=O)c1ccc2c(c1)nc(CCC(=O)Nc1ccc(OCC#N)cc1)n2C. The predicted molar refractivity (Wildman–Crippen MR) is 116 cm³/mol. The maximum Gasteiger partial charge on any atom is 0.242 e. The average molecular weight is 442 g/mol. The Morgan fingerprint density at radius 1 is 1.23 bits per heavy atom. The smallest absolute Gasteiger partial charge is 0.242 e. The Labute approximate surface area is 180 Å². The van der Waals surface area contributed by atoms with Gasteiger partial charge in [0.1, 0.15) is 17.6 Å². The third kappa shape index (κ3) is 5.02. The van der Waals surface area contributed by atoms with Crippen LogP contribution in [0.15, 0.2) is 47.4 Å². The average Bonchev–Trinajstić information content (AvgIpc) is 3.06. The summed E-state index contributed by atoms with van der Waals surface area (Å²) in [5.41, 5.74) is 1.98. The van der Waals surface area contributed by atoms with Crippen LogP contribution in [0.25, 0.3) is 11.0 Å². The molecule has 9 nitrogen and oxygen atoms in total. The van der Waals surface area contributed by atoms with Gasteiger partial charge in [0.2, 0.25) is 15.9 Å². The first-order valence-corrected chi connectivity index (χ1v) is 10.9.